The molecule has 33 heavy (non-hydrogen) atoms. The van der Waals surface area contributed by atoms with Gasteiger partial charge in [0.25, 0.3) is 11.1 Å². The number of methoxy groups -OCH3 is 1. The zero-order chi connectivity index (χ0) is 23.3. The van der Waals surface area contributed by atoms with Gasteiger partial charge >= 0.3 is 0 Å². The average Bonchev–Trinajstić information content (AvgIpc) is 3.38. The molecule has 10 heteroatoms. The van der Waals surface area contributed by atoms with Crippen molar-refractivity contribution in [1.29, 1.82) is 0 Å². The maximum atomic E-state index is 14.5. The third kappa shape index (κ3) is 3.89. The van der Waals surface area contributed by atoms with E-state index >= 15 is 0 Å². The molecule has 2 atom stereocenters. The van der Waals surface area contributed by atoms with Crippen molar-refractivity contribution in [1.82, 2.24) is 20.1 Å². The number of amides is 1. The lowest BCUT2D eigenvalue weighted by Crippen LogP contribution is -2.54. The van der Waals surface area contributed by atoms with Crippen LogP contribution < -0.4 is 20.3 Å². The third-order valence-corrected chi connectivity index (χ3v) is 6.97. The number of carbonyl (C=O) groups excluding carboxylic acids is 1. The SMILES string of the molecule is COc1nc2c(C(=O)Nc3cc(F)c4nn(C)cc4c3)ccc(N3CC(C)NCC3C)c2s1. The second-order valence-corrected chi connectivity index (χ2v) is 9.42. The smallest absolute Gasteiger partial charge is 0.274 e. The Bertz CT molecular complexity index is 1370. The highest BCUT2D eigenvalue weighted by Crippen LogP contribution is 2.39. The number of piperazine rings is 1. The summed E-state index contributed by atoms with van der Waals surface area (Å²) in [6.07, 6.45) is 1.71. The van der Waals surface area contributed by atoms with Crippen LogP contribution >= 0.6 is 11.3 Å². The summed E-state index contributed by atoms with van der Waals surface area (Å²) in [5, 5.41) is 11.5. The van der Waals surface area contributed by atoms with Crippen LogP contribution in [0.3, 0.4) is 0 Å². The fraction of sp³-hybridized carbons (Fsp3) is 0.348. The summed E-state index contributed by atoms with van der Waals surface area (Å²) in [5.41, 5.74) is 2.66. The van der Waals surface area contributed by atoms with Crippen molar-refractivity contribution in [2.45, 2.75) is 25.9 Å². The van der Waals surface area contributed by atoms with Gasteiger partial charge in [-0.05, 0) is 38.1 Å². The van der Waals surface area contributed by atoms with Crippen molar-refractivity contribution in [2.24, 2.45) is 7.05 Å². The molecule has 1 fully saturated rings. The number of aryl methyl sites for hydroxylation is 1. The quantitative estimate of drug-likeness (QED) is 0.474. The van der Waals surface area contributed by atoms with Gasteiger partial charge in [-0.25, -0.2) is 9.37 Å². The number of nitrogens with zero attached hydrogens (tertiary/aromatic N) is 4. The predicted molar refractivity (Wildman–Crippen MR) is 129 cm³/mol. The Balaban J connectivity index is 1.53. The monoisotopic (exact) mass is 468 g/mol. The molecule has 1 amide bonds. The maximum Gasteiger partial charge on any atom is 0.274 e. The highest BCUT2D eigenvalue weighted by molar-refractivity contribution is 7.21. The molecule has 8 nitrogen and oxygen atoms in total. The largest absolute Gasteiger partial charge is 0.473 e. The molecule has 2 aromatic heterocycles. The minimum atomic E-state index is -0.485. The number of hydrogen-bond acceptors (Lipinski definition) is 7. The molecule has 0 radical (unpaired) electrons. The van der Waals surface area contributed by atoms with Crippen LogP contribution in [0.2, 0.25) is 0 Å². The lowest BCUT2D eigenvalue weighted by atomic mass is 10.1. The number of rotatable bonds is 4. The van der Waals surface area contributed by atoms with Crippen LogP contribution in [0.15, 0.2) is 30.5 Å². The predicted octanol–water partition coefficient (Wildman–Crippen LogP) is 3.77. The van der Waals surface area contributed by atoms with E-state index in [2.05, 4.69) is 39.5 Å². The summed E-state index contributed by atoms with van der Waals surface area (Å²) in [6, 6.07) is 7.39. The van der Waals surface area contributed by atoms with Crippen molar-refractivity contribution in [3.63, 3.8) is 0 Å². The second-order valence-electron chi connectivity index (χ2n) is 8.46. The number of carbonyl (C=O) groups is 1. The summed E-state index contributed by atoms with van der Waals surface area (Å²) >= 11 is 1.42. The molecular weight excluding hydrogens is 443 g/mol. The Morgan fingerprint density at radius 2 is 2.12 bits per heavy atom. The molecule has 1 aliphatic heterocycles. The molecule has 2 aromatic carbocycles. The van der Waals surface area contributed by atoms with E-state index in [9.17, 15) is 9.18 Å². The molecule has 2 N–H and O–H groups in total. The van der Waals surface area contributed by atoms with Gasteiger partial charge in [0.15, 0.2) is 5.82 Å². The zero-order valence-corrected chi connectivity index (χ0v) is 19.7. The number of nitrogens with one attached hydrogen (secondary N) is 2. The standard InChI is InChI=1S/C23H25FN6O2S/c1-12-10-30(13(2)9-25-12)18-6-5-16(20-21(18)33-23(27-20)32-4)22(31)26-15-7-14-11-29(3)28-19(14)17(24)8-15/h5-8,11-13,25H,9-10H2,1-4H3,(H,26,31). The van der Waals surface area contributed by atoms with Crippen LogP contribution in [-0.4, -0.2) is 53.0 Å². The highest BCUT2D eigenvalue weighted by Gasteiger charge is 2.27. The van der Waals surface area contributed by atoms with E-state index in [4.69, 9.17) is 4.74 Å². The van der Waals surface area contributed by atoms with E-state index < -0.39 is 5.82 Å². The molecule has 172 valence electrons. The van der Waals surface area contributed by atoms with Crippen molar-refractivity contribution >= 4 is 49.7 Å². The first-order chi connectivity index (χ1) is 15.8. The van der Waals surface area contributed by atoms with Gasteiger partial charge in [-0.2, -0.15) is 5.10 Å². The van der Waals surface area contributed by atoms with Crippen LogP contribution in [0, 0.1) is 5.82 Å². The molecule has 1 aliphatic rings. The van der Waals surface area contributed by atoms with E-state index in [-0.39, 0.29) is 11.4 Å². The minimum absolute atomic E-state index is 0.269. The van der Waals surface area contributed by atoms with E-state index in [1.165, 1.54) is 17.4 Å². The van der Waals surface area contributed by atoms with Gasteiger partial charge in [0.05, 0.1) is 23.1 Å². The number of benzene rings is 2. The van der Waals surface area contributed by atoms with Crippen LogP contribution in [-0.2, 0) is 7.05 Å². The number of fused-ring (bicyclic) bond motifs is 2. The first-order valence-corrected chi connectivity index (χ1v) is 11.6. The van der Waals surface area contributed by atoms with Gasteiger partial charge in [0, 0.05) is 49.5 Å². The van der Waals surface area contributed by atoms with Crippen LogP contribution in [0.4, 0.5) is 15.8 Å². The van der Waals surface area contributed by atoms with Gasteiger partial charge in [-0.3, -0.25) is 9.48 Å². The van der Waals surface area contributed by atoms with Gasteiger partial charge in [0.2, 0.25) is 0 Å². The Hall–Kier alpha value is -3.24. The first kappa shape index (κ1) is 21.6. The van der Waals surface area contributed by atoms with Crippen LogP contribution in [0.5, 0.6) is 5.19 Å². The number of anilines is 2. The Kier molecular flexibility index (Phi) is 5.41. The molecule has 3 heterocycles. The van der Waals surface area contributed by atoms with Crippen molar-refractivity contribution in [3.8, 4) is 5.19 Å². The number of halogens is 1. The van der Waals surface area contributed by atoms with Crippen LogP contribution in [0.1, 0.15) is 24.2 Å². The van der Waals surface area contributed by atoms with Crippen molar-refractivity contribution in [3.05, 3.63) is 41.8 Å². The number of ether oxygens (including phenoxy) is 1. The van der Waals surface area contributed by atoms with E-state index in [1.807, 2.05) is 6.07 Å². The van der Waals surface area contributed by atoms with Crippen molar-refractivity contribution < 1.29 is 13.9 Å². The lowest BCUT2D eigenvalue weighted by Gasteiger charge is -2.39. The average molecular weight is 469 g/mol. The highest BCUT2D eigenvalue weighted by atomic mass is 32.1. The minimum Gasteiger partial charge on any atom is -0.473 e. The second kappa shape index (κ2) is 8.27. The number of hydrogen-bond donors (Lipinski definition) is 2. The zero-order valence-electron chi connectivity index (χ0n) is 18.8. The summed E-state index contributed by atoms with van der Waals surface area (Å²) < 4.78 is 22.3. The van der Waals surface area contributed by atoms with Gasteiger partial charge in [0.1, 0.15) is 11.0 Å². The van der Waals surface area contributed by atoms with Gasteiger partial charge < -0.3 is 20.3 Å². The molecule has 5 rings (SSSR count). The molecule has 0 bridgehead atoms. The third-order valence-electron chi connectivity index (χ3n) is 5.93. The van der Waals surface area contributed by atoms with Crippen LogP contribution in [0.25, 0.3) is 21.1 Å². The van der Waals surface area contributed by atoms with Gasteiger partial charge in [-0.1, -0.05) is 11.3 Å². The number of aromatic nitrogens is 3. The molecule has 0 spiro atoms. The summed E-state index contributed by atoms with van der Waals surface area (Å²) in [6.45, 7) is 6.06. The van der Waals surface area contributed by atoms with E-state index in [0.717, 1.165) is 23.5 Å². The Morgan fingerprint density at radius 3 is 2.91 bits per heavy atom. The molecule has 2 unspecified atom stereocenters. The first-order valence-electron chi connectivity index (χ1n) is 10.8. The molecular formula is C23H25FN6O2S. The summed E-state index contributed by atoms with van der Waals surface area (Å²) in [7, 11) is 3.30. The Morgan fingerprint density at radius 1 is 1.30 bits per heavy atom. The summed E-state index contributed by atoms with van der Waals surface area (Å²) in [4.78, 5) is 20.1. The van der Waals surface area contributed by atoms with E-state index in [0.29, 0.717) is 39.4 Å². The van der Waals surface area contributed by atoms with E-state index in [1.54, 1.807) is 37.2 Å². The maximum absolute atomic E-state index is 14.5. The number of thiazole rings is 1. The fourth-order valence-electron chi connectivity index (χ4n) is 4.31. The van der Waals surface area contributed by atoms with Gasteiger partial charge in [-0.15, -0.1) is 0 Å². The molecule has 0 aliphatic carbocycles. The fourth-order valence-corrected chi connectivity index (χ4v) is 5.25. The molecule has 0 saturated carbocycles. The summed E-state index contributed by atoms with van der Waals surface area (Å²) in [5.74, 6) is -0.843. The normalized spacial score (nSPS) is 18.8. The molecule has 4 aromatic rings. The van der Waals surface area contributed by atoms with Crippen molar-refractivity contribution in [2.75, 3.05) is 30.4 Å². The molecule has 1 saturated heterocycles. The lowest BCUT2D eigenvalue weighted by molar-refractivity contribution is 0.102. The topological polar surface area (TPSA) is 84.3 Å². The Labute approximate surface area is 194 Å².